The summed E-state index contributed by atoms with van der Waals surface area (Å²) in [6.07, 6.45) is 0.373. The lowest BCUT2D eigenvalue weighted by molar-refractivity contribution is -0.127. The van der Waals surface area contributed by atoms with Crippen LogP contribution in [0.1, 0.15) is 19.0 Å². The van der Waals surface area contributed by atoms with Gasteiger partial charge >= 0.3 is 0 Å². The average Bonchev–Trinajstić information content (AvgIpc) is 2.78. The fraction of sp³-hybridized carbons (Fsp3) is 0.231. The molecule has 0 unspecified atom stereocenters. The van der Waals surface area contributed by atoms with Crippen molar-refractivity contribution in [3.05, 3.63) is 42.1 Å². The lowest BCUT2D eigenvalue weighted by Gasteiger charge is -2.08. The Balaban J connectivity index is 2.23. The van der Waals surface area contributed by atoms with Gasteiger partial charge in [0.15, 0.2) is 0 Å². The number of para-hydroxylation sites is 1. The van der Waals surface area contributed by atoms with Crippen molar-refractivity contribution in [3.63, 3.8) is 0 Å². The van der Waals surface area contributed by atoms with E-state index in [9.17, 15) is 4.79 Å². The Labute approximate surface area is 105 Å². The minimum atomic E-state index is -0.173. The molecule has 1 amide bonds. The van der Waals surface area contributed by atoms with Crippen molar-refractivity contribution in [2.24, 2.45) is 0 Å². The molecule has 1 aromatic carbocycles. The molecule has 94 valence electrons. The van der Waals surface area contributed by atoms with Crippen LogP contribution in [0.4, 0.5) is 0 Å². The van der Waals surface area contributed by atoms with Gasteiger partial charge in [-0.05, 0) is 19.1 Å². The van der Waals surface area contributed by atoms with E-state index in [4.69, 9.17) is 4.84 Å². The number of hydrogen-bond donors (Lipinski definition) is 1. The van der Waals surface area contributed by atoms with Crippen LogP contribution in [-0.4, -0.2) is 15.7 Å². The Morgan fingerprint density at radius 3 is 2.78 bits per heavy atom. The number of hydroxylamine groups is 1. The first-order valence-corrected chi connectivity index (χ1v) is 5.78. The van der Waals surface area contributed by atoms with Crippen molar-refractivity contribution in [3.8, 4) is 11.6 Å². The van der Waals surface area contributed by atoms with Gasteiger partial charge in [-0.25, -0.2) is 0 Å². The number of rotatable bonds is 4. The molecule has 1 aromatic heterocycles. The van der Waals surface area contributed by atoms with Crippen LogP contribution in [0.25, 0.3) is 5.69 Å². The summed E-state index contributed by atoms with van der Waals surface area (Å²) in [6.45, 7) is 3.63. The Kier molecular flexibility index (Phi) is 3.62. The molecule has 2 aromatic rings. The number of amides is 1. The van der Waals surface area contributed by atoms with Crippen molar-refractivity contribution in [2.75, 3.05) is 0 Å². The van der Waals surface area contributed by atoms with Gasteiger partial charge in [0.25, 0.3) is 5.91 Å². The zero-order valence-corrected chi connectivity index (χ0v) is 10.4. The lowest BCUT2D eigenvalue weighted by atomic mass is 10.3. The Bertz CT molecular complexity index is 534. The van der Waals surface area contributed by atoms with E-state index in [1.54, 1.807) is 17.7 Å². The molecule has 0 aliphatic rings. The number of nitrogens with one attached hydrogen (secondary N) is 1. The van der Waals surface area contributed by atoms with E-state index in [1.807, 2.05) is 37.3 Å². The summed E-state index contributed by atoms with van der Waals surface area (Å²) < 4.78 is 1.64. The van der Waals surface area contributed by atoms with Gasteiger partial charge in [0.1, 0.15) is 0 Å². The van der Waals surface area contributed by atoms with Crippen LogP contribution in [0, 0.1) is 6.92 Å². The summed E-state index contributed by atoms with van der Waals surface area (Å²) in [6, 6.07) is 11.4. The minimum Gasteiger partial charge on any atom is -0.359 e. The van der Waals surface area contributed by atoms with Gasteiger partial charge in [0.05, 0.1) is 11.4 Å². The predicted molar refractivity (Wildman–Crippen MR) is 67.4 cm³/mol. The highest BCUT2D eigenvalue weighted by atomic mass is 16.7. The molecule has 0 radical (unpaired) electrons. The molecule has 0 aliphatic heterocycles. The SMILES string of the molecule is CCC(=O)NOc1cc(C)nn1-c1ccccc1. The van der Waals surface area contributed by atoms with E-state index in [0.717, 1.165) is 11.4 Å². The minimum absolute atomic E-state index is 0.173. The highest BCUT2D eigenvalue weighted by Crippen LogP contribution is 2.18. The standard InChI is InChI=1S/C13H15N3O2/c1-3-12(17)15-18-13-9-10(2)14-16(13)11-7-5-4-6-8-11/h4-9H,3H2,1-2H3,(H,15,17). The van der Waals surface area contributed by atoms with Crippen LogP contribution in [0.3, 0.4) is 0 Å². The molecular formula is C13H15N3O2. The van der Waals surface area contributed by atoms with Crippen molar-refractivity contribution in [1.29, 1.82) is 0 Å². The highest BCUT2D eigenvalue weighted by Gasteiger charge is 2.09. The Morgan fingerprint density at radius 1 is 1.39 bits per heavy atom. The lowest BCUT2D eigenvalue weighted by Crippen LogP contribution is -2.26. The maximum Gasteiger partial charge on any atom is 0.252 e. The predicted octanol–water partition coefficient (Wildman–Crippen LogP) is 2.00. The van der Waals surface area contributed by atoms with Gasteiger partial charge < -0.3 is 4.84 Å². The van der Waals surface area contributed by atoms with E-state index in [1.165, 1.54) is 0 Å². The van der Waals surface area contributed by atoms with Crippen LogP contribution in [0.2, 0.25) is 0 Å². The molecule has 0 saturated carbocycles. The molecule has 5 nitrogen and oxygen atoms in total. The van der Waals surface area contributed by atoms with Crippen LogP contribution in [0.5, 0.6) is 5.88 Å². The van der Waals surface area contributed by atoms with Crippen molar-refractivity contribution < 1.29 is 9.63 Å². The highest BCUT2D eigenvalue weighted by molar-refractivity contribution is 5.74. The molecule has 18 heavy (non-hydrogen) atoms. The van der Waals surface area contributed by atoms with Gasteiger partial charge in [0.2, 0.25) is 5.88 Å². The summed E-state index contributed by atoms with van der Waals surface area (Å²) in [4.78, 5) is 16.4. The van der Waals surface area contributed by atoms with Gasteiger partial charge in [0, 0.05) is 12.5 Å². The third-order valence-electron chi connectivity index (χ3n) is 2.39. The maximum absolute atomic E-state index is 11.2. The first-order valence-electron chi connectivity index (χ1n) is 5.78. The smallest absolute Gasteiger partial charge is 0.252 e. The van der Waals surface area contributed by atoms with Gasteiger partial charge in [-0.15, -0.1) is 0 Å². The van der Waals surface area contributed by atoms with Crippen LogP contribution >= 0.6 is 0 Å². The summed E-state index contributed by atoms with van der Waals surface area (Å²) in [5, 5.41) is 4.33. The number of benzene rings is 1. The van der Waals surface area contributed by atoms with Crippen molar-refractivity contribution in [2.45, 2.75) is 20.3 Å². The topological polar surface area (TPSA) is 56.1 Å². The molecule has 2 rings (SSSR count). The third kappa shape index (κ3) is 2.68. The van der Waals surface area contributed by atoms with Crippen molar-refractivity contribution >= 4 is 5.91 Å². The molecule has 0 spiro atoms. The fourth-order valence-electron chi connectivity index (χ4n) is 1.48. The summed E-state index contributed by atoms with van der Waals surface area (Å²) in [7, 11) is 0. The molecule has 1 heterocycles. The number of carbonyl (C=O) groups is 1. The summed E-state index contributed by atoms with van der Waals surface area (Å²) in [5.41, 5.74) is 4.07. The average molecular weight is 245 g/mol. The monoisotopic (exact) mass is 245 g/mol. The molecule has 5 heteroatoms. The molecular weight excluding hydrogens is 230 g/mol. The number of aryl methyl sites for hydroxylation is 1. The van der Waals surface area contributed by atoms with Gasteiger partial charge in [-0.2, -0.15) is 15.3 Å². The van der Waals surface area contributed by atoms with E-state index in [-0.39, 0.29) is 5.91 Å². The fourth-order valence-corrected chi connectivity index (χ4v) is 1.48. The van der Waals surface area contributed by atoms with Crippen LogP contribution in [-0.2, 0) is 4.79 Å². The van der Waals surface area contributed by atoms with E-state index in [2.05, 4.69) is 10.6 Å². The zero-order chi connectivity index (χ0) is 13.0. The molecule has 0 bridgehead atoms. The quantitative estimate of drug-likeness (QED) is 0.838. The zero-order valence-electron chi connectivity index (χ0n) is 10.4. The van der Waals surface area contributed by atoms with E-state index in [0.29, 0.717) is 12.3 Å². The van der Waals surface area contributed by atoms with Gasteiger partial charge in [-0.1, -0.05) is 25.1 Å². The number of aromatic nitrogens is 2. The summed E-state index contributed by atoms with van der Waals surface area (Å²) >= 11 is 0. The first kappa shape index (κ1) is 12.2. The van der Waals surface area contributed by atoms with Crippen LogP contribution < -0.4 is 10.3 Å². The largest absolute Gasteiger partial charge is 0.359 e. The second-order valence-electron chi connectivity index (χ2n) is 3.85. The number of nitrogens with zero attached hydrogens (tertiary/aromatic N) is 2. The van der Waals surface area contributed by atoms with Crippen LogP contribution in [0.15, 0.2) is 36.4 Å². The Hall–Kier alpha value is -2.30. The molecule has 0 atom stereocenters. The third-order valence-corrected chi connectivity index (χ3v) is 2.39. The number of carbonyl (C=O) groups excluding carboxylic acids is 1. The first-order chi connectivity index (χ1) is 8.70. The maximum atomic E-state index is 11.2. The Morgan fingerprint density at radius 2 is 2.11 bits per heavy atom. The molecule has 0 fully saturated rings. The second kappa shape index (κ2) is 5.35. The van der Waals surface area contributed by atoms with Gasteiger partial charge in [-0.3, -0.25) is 4.79 Å². The van der Waals surface area contributed by atoms with E-state index < -0.39 is 0 Å². The molecule has 1 N–H and O–H groups in total. The second-order valence-corrected chi connectivity index (χ2v) is 3.85. The normalized spacial score (nSPS) is 10.1. The van der Waals surface area contributed by atoms with E-state index >= 15 is 0 Å². The summed E-state index contributed by atoms with van der Waals surface area (Å²) in [5.74, 6) is 0.314. The number of hydrogen-bond acceptors (Lipinski definition) is 3. The van der Waals surface area contributed by atoms with Crippen molar-refractivity contribution in [1.82, 2.24) is 15.3 Å². The molecule has 0 saturated heterocycles. The molecule has 0 aliphatic carbocycles.